The lowest BCUT2D eigenvalue weighted by Gasteiger charge is -2.18. The van der Waals surface area contributed by atoms with Crippen molar-refractivity contribution in [1.82, 2.24) is 4.72 Å². The van der Waals surface area contributed by atoms with Gasteiger partial charge >= 0.3 is 0 Å². The van der Waals surface area contributed by atoms with E-state index in [1.54, 1.807) is 0 Å². The van der Waals surface area contributed by atoms with Crippen LogP contribution in [0.2, 0.25) is 0 Å². The van der Waals surface area contributed by atoms with Crippen molar-refractivity contribution in [3.63, 3.8) is 0 Å². The van der Waals surface area contributed by atoms with Gasteiger partial charge in [-0.1, -0.05) is 0 Å². The zero-order valence-electron chi connectivity index (χ0n) is 10.8. The summed E-state index contributed by atoms with van der Waals surface area (Å²) in [4.78, 5) is 11.3. The Morgan fingerprint density at radius 3 is 2.90 bits per heavy atom. The van der Waals surface area contributed by atoms with Crippen LogP contribution in [-0.4, -0.2) is 39.2 Å². The van der Waals surface area contributed by atoms with E-state index in [1.807, 2.05) is 0 Å². The van der Waals surface area contributed by atoms with E-state index in [0.29, 0.717) is 24.3 Å². The molecule has 0 bridgehead atoms. The van der Waals surface area contributed by atoms with Crippen LogP contribution in [-0.2, 0) is 14.8 Å². The maximum Gasteiger partial charge on any atom is 0.262 e. The molecule has 3 N–H and O–H groups in total. The smallest absolute Gasteiger partial charge is 0.262 e. The Morgan fingerprint density at radius 1 is 1.35 bits per heavy atom. The van der Waals surface area contributed by atoms with Crippen LogP contribution in [0.1, 0.15) is 12.8 Å². The van der Waals surface area contributed by atoms with E-state index in [-0.39, 0.29) is 30.6 Å². The molecule has 0 saturated heterocycles. The molecule has 110 valence electrons. The van der Waals surface area contributed by atoms with Gasteiger partial charge in [-0.15, -0.1) is 0 Å². The molecular formula is C12H16N2O5S. The van der Waals surface area contributed by atoms with Crippen molar-refractivity contribution in [3.8, 4) is 5.75 Å². The van der Waals surface area contributed by atoms with E-state index in [4.69, 9.17) is 9.84 Å². The number of ether oxygens (including phenoxy) is 1. The predicted octanol–water partition coefficient (Wildman–Crippen LogP) is 0.0683. The van der Waals surface area contributed by atoms with E-state index < -0.39 is 10.0 Å². The van der Waals surface area contributed by atoms with Crippen LogP contribution in [0.25, 0.3) is 0 Å². The fraction of sp³-hybridized carbons (Fsp3) is 0.417. The van der Waals surface area contributed by atoms with E-state index in [9.17, 15) is 13.2 Å². The van der Waals surface area contributed by atoms with E-state index in [0.717, 1.165) is 0 Å². The van der Waals surface area contributed by atoms with Crippen LogP contribution in [0.5, 0.6) is 5.75 Å². The van der Waals surface area contributed by atoms with Gasteiger partial charge in [0.2, 0.25) is 10.0 Å². The van der Waals surface area contributed by atoms with Gasteiger partial charge < -0.3 is 15.2 Å². The average molecular weight is 300 g/mol. The molecule has 0 radical (unpaired) electrons. The van der Waals surface area contributed by atoms with E-state index in [1.165, 1.54) is 18.2 Å². The largest absolute Gasteiger partial charge is 0.482 e. The summed E-state index contributed by atoms with van der Waals surface area (Å²) < 4.78 is 31.7. The molecule has 2 rings (SSSR count). The molecule has 1 aromatic rings. The molecule has 7 nitrogen and oxygen atoms in total. The van der Waals surface area contributed by atoms with Crippen LogP contribution in [0, 0.1) is 0 Å². The normalized spacial score (nSPS) is 14.3. The third-order valence-electron chi connectivity index (χ3n) is 2.77. The molecule has 0 fully saturated rings. The van der Waals surface area contributed by atoms with E-state index >= 15 is 0 Å². The summed E-state index contributed by atoms with van der Waals surface area (Å²) in [5, 5.41) is 11.2. The minimum atomic E-state index is -3.63. The first-order valence-corrected chi connectivity index (χ1v) is 7.68. The summed E-state index contributed by atoms with van der Waals surface area (Å²) in [6, 6.07) is 4.29. The molecule has 0 aliphatic carbocycles. The Labute approximate surface area is 117 Å². The minimum absolute atomic E-state index is 0.0317. The Balaban J connectivity index is 2.12. The first-order chi connectivity index (χ1) is 9.53. The molecule has 1 aromatic carbocycles. The summed E-state index contributed by atoms with van der Waals surface area (Å²) in [6.07, 6.45) is 1.09. The zero-order chi connectivity index (χ0) is 14.6. The summed E-state index contributed by atoms with van der Waals surface area (Å²) in [5.41, 5.74) is 0.347. The third kappa shape index (κ3) is 3.47. The Bertz CT molecular complexity index is 600. The number of rotatable bonds is 6. The Kier molecular flexibility index (Phi) is 4.58. The van der Waals surface area contributed by atoms with Crippen molar-refractivity contribution in [2.75, 3.05) is 25.1 Å². The summed E-state index contributed by atoms with van der Waals surface area (Å²) in [6.45, 7) is 0.214. The van der Waals surface area contributed by atoms with Gasteiger partial charge in [-0.05, 0) is 31.0 Å². The number of carbonyl (C=O) groups excluding carboxylic acids is 1. The lowest BCUT2D eigenvalue weighted by molar-refractivity contribution is -0.118. The molecular weight excluding hydrogens is 284 g/mol. The lowest BCUT2D eigenvalue weighted by Crippen LogP contribution is -2.27. The molecule has 1 heterocycles. The Morgan fingerprint density at radius 2 is 2.15 bits per heavy atom. The molecule has 1 aliphatic heterocycles. The monoisotopic (exact) mass is 300 g/mol. The van der Waals surface area contributed by atoms with Crippen molar-refractivity contribution >= 4 is 21.6 Å². The molecule has 1 aliphatic rings. The van der Waals surface area contributed by atoms with Gasteiger partial charge in [0.1, 0.15) is 5.75 Å². The van der Waals surface area contributed by atoms with Gasteiger partial charge in [0.05, 0.1) is 10.6 Å². The number of aliphatic hydroxyl groups is 1. The van der Waals surface area contributed by atoms with Gasteiger partial charge in [0, 0.05) is 13.2 Å². The first kappa shape index (κ1) is 14.8. The number of benzene rings is 1. The number of nitrogens with one attached hydrogen (secondary N) is 2. The zero-order valence-corrected chi connectivity index (χ0v) is 11.6. The second-order valence-corrected chi connectivity index (χ2v) is 6.09. The van der Waals surface area contributed by atoms with Gasteiger partial charge in [-0.25, -0.2) is 13.1 Å². The van der Waals surface area contributed by atoms with Crippen LogP contribution in [0.15, 0.2) is 23.1 Å². The van der Waals surface area contributed by atoms with Crippen molar-refractivity contribution in [2.45, 2.75) is 17.7 Å². The van der Waals surface area contributed by atoms with Crippen molar-refractivity contribution in [2.24, 2.45) is 0 Å². The van der Waals surface area contributed by atoms with E-state index in [2.05, 4.69) is 10.0 Å². The number of sulfonamides is 1. The number of hydrogen-bond acceptors (Lipinski definition) is 5. The second-order valence-electron chi connectivity index (χ2n) is 4.32. The number of aliphatic hydroxyl groups excluding tert-OH is 1. The summed E-state index contributed by atoms with van der Waals surface area (Å²) in [5.74, 6) is 0.131. The molecule has 0 spiro atoms. The molecule has 1 amide bonds. The standard InChI is InChI=1S/C12H16N2O5S/c15-6-2-1-5-13-20(17,18)9-3-4-11-10(7-9)14-12(16)8-19-11/h3-4,7,13,15H,1-2,5-6,8H2,(H,14,16). The summed E-state index contributed by atoms with van der Waals surface area (Å²) >= 11 is 0. The van der Waals surface area contributed by atoms with Crippen LogP contribution < -0.4 is 14.8 Å². The average Bonchev–Trinajstić information content (AvgIpc) is 2.43. The fourth-order valence-electron chi connectivity index (χ4n) is 1.76. The van der Waals surface area contributed by atoms with Gasteiger partial charge in [-0.3, -0.25) is 4.79 Å². The van der Waals surface area contributed by atoms with Crippen LogP contribution >= 0.6 is 0 Å². The highest BCUT2D eigenvalue weighted by Crippen LogP contribution is 2.29. The van der Waals surface area contributed by atoms with Crippen LogP contribution in [0.3, 0.4) is 0 Å². The highest BCUT2D eigenvalue weighted by molar-refractivity contribution is 7.89. The Hall–Kier alpha value is -1.64. The quantitative estimate of drug-likeness (QED) is 0.645. The van der Waals surface area contributed by atoms with Gasteiger partial charge in [0.15, 0.2) is 6.61 Å². The van der Waals surface area contributed by atoms with Gasteiger partial charge in [0.25, 0.3) is 5.91 Å². The van der Waals surface area contributed by atoms with Crippen molar-refractivity contribution < 1.29 is 23.1 Å². The molecule has 0 aromatic heterocycles. The molecule has 0 atom stereocenters. The molecule has 0 saturated carbocycles. The predicted molar refractivity (Wildman–Crippen MR) is 72.1 cm³/mol. The molecule has 8 heteroatoms. The first-order valence-electron chi connectivity index (χ1n) is 6.20. The SMILES string of the molecule is O=C1COc2ccc(S(=O)(=O)NCCCCO)cc2N1. The second kappa shape index (κ2) is 6.21. The maximum atomic E-state index is 12.0. The van der Waals surface area contributed by atoms with Crippen molar-refractivity contribution in [1.29, 1.82) is 0 Å². The highest BCUT2D eigenvalue weighted by atomic mass is 32.2. The number of unbranched alkanes of at least 4 members (excludes halogenated alkanes) is 1. The minimum Gasteiger partial charge on any atom is -0.482 e. The molecule has 20 heavy (non-hydrogen) atoms. The summed E-state index contributed by atoms with van der Waals surface area (Å²) in [7, 11) is -3.63. The topological polar surface area (TPSA) is 105 Å². The maximum absolute atomic E-state index is 12.0. The number of amides is 1. The van der Waals surface area contributed by atoms with Crippen molar-refractivity contribution in [3.05, 3.63) is 18.2 Å². The number of hydrogen-bond donors (Lipinski definition) is 3. The number of carbonyl (C=O) groups is 1. The number of anilines is 1. The molecule has 0 unspecified atom stereocenters. The number of fused-ring (bicyclic) bond motifs is 1. The lowest BCUT2D eigenvalue weighted by atomic mass is 10.2. The highest BCUT2D eigenvalue weighted by Gasteiger charge is 2.20. The van der Waals surface area contributed by atoms with Crippen LogP contribution in [0.4, 0.5) is 5.69 Å². The van der Waals surface area contributed by atoms with Gasteiger partial charge in [-0.2, -0.15) is 0 Å². The fourth-order valence-corrected chi connectivity index (χ4v) is 2.86. The third-order valence-corrected chi connectivity index (χ3v) is 4.23.